The first kappa shape index (κ1) is 11.6. The zero-order valence-electron chi connectivity index (χ0n) is 10.5. The predicted molar refractivity (Wildman–Crippen MR) is 65.1 cm³/mol. The number of nitrogens with zero attached hydrogens (tertiary/aromatic N) is 3. The molecule has 1 aliphatic heterocycles. The molecule has 0 amide bonds. The van der Waals surface area contributed by atoms with E-state index in [1.165, 1.54) is 5.69 Å². The van der Waals surface area contributed by atoms with Crippen molar-refractivity contribution in [1.29, 1.82) is 0 Å². The number of aromatic nitrogens is 2. The van der Waals surface area contributed by atoms with Crippen LogP contribution < -0.4 is 5.32 Å². The highest BCUT2D eigenvalue weighted by molar-refractivity contribution is 4.99. The molecule has 1 aromatic rings. The summed E-state index contributed by atoms with van der Waals surface area (Å²) in [5, 5.41) is 8.00. The van der Waals surface area contributed by atoms with Crippen molar-refractivity contribution in [3.05, 3.63) is 18.0 Å². The number of hydrogen-bond acceptors (Lipinski definition) is 3. The molecule has 0 bridgehead atoms. The molecule has 4 nitrogen and oxygen atoms in total. The monoisotopic (exact) mass is 222 g/mol. The summed E-state index contributed by atoms with van der Waals surface area (Å²) in [6.07, 6.45) is 2.01. The van der Waals surface area contributed by atoms with Gasteiger partial charge in [-0.3, -0.25) is 9.58 Å². The molecule has 4 heteroatoms. The van der Waals surface area contributed by atoms with Gasteiger partial charge in [0.2, 0.25) is 0 Å². The normalized spacial score (nSPS) is 22.9. The predicted octanol–water partition coefficient (Wildman–Crippen LogP) is 0.850. The molecule has 16 heavy (non-hydrogen) atoms. The molecule has 0 spiro atoms. The van der Waals surface area contributed by atoms with Gasteiger partial charge in [0, 0.05) is 45.5 Å². The largest absolute Gasteiger partial charge is 0.311 e. The maximum Gasteiger partial charge on any atom is 0.0764 e. The summed E-state index contributed by atoms with van der Waals surface area (Å²) in [5.41, 5.74) is 1.17. The molecular weight excluding hydrogens is 200 g/mol. The molecule has 1 N–H and O–H groups in total. The first-order chi connectivity index (χ1) is 7.65. The fourth-order valence-corrected chi connectivity index (χ4v) is 2.21. The molecule has 2 rings (SSSR count). The Morgan fingerprint density at radius 1 is 1.56 bits per heavy atom. The second kappa shape index (κ2) is 4.97. The minimum absolute atomic E-state index is 0.623. The van der Waals surface area contributed by atoms with Crippen molar-refractivity contribution in [1.82, 2.24) is 20.0 Å². The lowest BCUT2D eigenvalue weighted by Crippen LogP contribution is -2.52. The minimum Gasteiger partial charge on any atom is -0.311 e. The maximum absolute atomic E-state index is 4.43. The third-order valence-electron chi connectivity index (χ3n) is 3.25. The van der Waals surface area contributed by atoms with Gasteiger partial charge in [-0.25, -0.2) is 0 Å². The van der Waals surface area contributed by atoms with Crippen molar-refractivity contribution >= 4 is 0 Å². The molecule has 2 heterocycles. The average molecular weight is 222 g/mol. The third kappa shape index (κ3) is 2.83. The van der Waals surface area contributed by atoms with E-state index in [1.807, 2.05) is 17.9 Å². The number of hydrogen-bond donors (Lipinski definition) is 1. The van der Waals surface area contributed by atoms with Crippen LogP contribution in [0.15, 0.2) is 12.3 Å². The third-order valence-corrected chi connectivity index (χ3v) is 3.25. The molecule has 1 fully saturated rings. The van der Waals surface area contributed by atoms with Crippen LogP contribution in [0.25, 0.3) is 0 Å². The van der Waals surface area contributed by atoms with Crippen LogP contribution in [-0.2, 0) is 13.6 Å². The number of piperazine rings is 1. The van der Waals surface area contributed by atoms with Crippen molar-refractivity contribution in [3.8, 4) is 0 Å². The van der Waals surface area contributed by atoms with Crippen LogP contribution in [0.1, 0.15) is 19.5 Å². The van der Waals surface area contributed by atoms with Gasteiger partial charge in [0.25, 0.3) is 0 Å². The highest BCUT2D eigenvalue weighted by Gasteiger charge is 2.21. The quantitative estimate of drug-likeness (QED) is 0.823. The van der Waals surface area contributed by atoms with Crippen molar-refractivity contribution < 1.29 is 0 Å². The second-order valence-electron chi connectivity index (χ2n) is 5.02. The van der Waals surface area contributed by atoms with E-state index in [0.717, 1.165) is 26.2 Å². The van der Waals surface area contributed by atoms with Crippen LogP contribution in [0.3, 0.4) is 0 Å². The Hall–Kier alpha value is -0.870. The van der Waals surface area contributed by atoms with Gasteiger partial charge in [-0.2, -0.15) is 5.10 Å². The Kier molecular flexibility index (Phi) is 3.61. The van der Waals surface area contributed by atoms with Crippen LogP contribution in [0.4, 0.5) is 0 Å². The van der Waals surface area contributed by atoms with Gasteiger partial charge in [0.05, 0.1) is 5.69 Å². The van der Waals surface area contributed by atoms with E-state index in [-0.39, 0.29) is 0 Å². The van der Waals surface area contributed by atoms with Crippen molar-refractivity contribution in [2.24, 2.45) is 13.0 Å². The van der Waals surface area contributed by atoms with Crippen molar-refractivity contribution in [2.45, 2.75) is 26.4 Å². The van der Waals surface area contributed by atoms with Gasteiger partial charge < -0.3 is 5.32 Å². The summed E-state index contributed by atoms with van der Waals surface area (Å²) in [7, 11) is 1.97. The Labute approximate surface area is 97.6 Å². The molecule has 1 aromatic heterocycles. The zero-order chi connectivity index (χ0) is 11.5. The van der Waals surface area contributed by atoms with Gasteiger partial charge in [-0.05, 0) is 12.0 Å². The standard InChI is InChI=1S/C12H22N4/c1-10(2)12-9-16(7-5-13-12)8-11-4-6-15(3)14-11/h4,6,10,12-13H,5,7-9H2,1-3H3. The Bertz CT molecular complexity index is 332. The van der Waals surface area contributed by atoms with E-state index in [9.17, 15) is 0 Å². The summed E-state index contributed by atoms with van der Waals surface area (Å²) in [5.74, 6) is 0.700. The summed E-state index contributed by atoms with van der Waals surface area (Å²) in [6, 6.07) is 2.73. The Balaban J connectivity index is 1.90. The highest BCUT2D eigenvalue weighted by Crippen LogP contribution is 2.10. The van der Waals surface area contributed by atoms with Gasteiger partial charge >= 0.3 is 0 Å². The van der Waals surface area contributed by atoms with Gasteiger partial charge in [-0.1, -0.05) is 13.8 Å². The van der Waals surface area contributed by atoms with E-state index in [0.29, 0.717) is 12.0 Å². The first-order valence-electron chi connectivity index (χ1n) is 6.09. The van der Waals surface area contributed by atoms with E-state index in [2.05, 4.69) is 35.2 Å². The molecule has 1 aliphatic rings. The zero-order valence-corrected chi connectivity index (χ0v) is 10.5. The van der Waals surface area contributed by atoms with Gasteiger partial charge in [0.15, 0.2) is 0 Å². The Morgan fingerprint density at radius 3 is 3.00 bits per heavy atom. The highest BCUT2D eigenvalue weighted by atomic mass is 15.3. The molecule has 90 valence electrons. The maximum atomic E-state index is 4.43. The molecule has 0 aromatic carbocycles. The second-order valence-corrected chi connectivity index (χ2v) is 5.02. The molecular formula is C12H22N4. The molecule has 1 unspecified atom stereocenters. The summed E-state index contributed by atoms with van der Waals surface area (Å²) < 4.78 is 1.87. The van der Waals surface area contributed by atoms with Crippen molar-refractivity contribution in [2.75, 3.05) is 19.6 Å². The lowest BCUT2D eigenvalue weighted by atomic mass is 10.0. The molecule has 0 aliphatic carbocycles. The van der Waals surface area contributed by atoms with Crippen LogP contribution in [0.2, 0.25) is 0 Å². The molecule has 1 saturated heterocycles. The van der Waals surface area contributed by atoms with Crippen molar-refractivity contribution in [3.63, 3.8) is 0 Å². The average Bonchev–Trinajstić information content (AvgIpc) is 2.64. The van der Waals surface area contributed by atoms with Crippen LogP contribution in [0.5, 0.6) is 0 Å². The summed E-state index contributed by atoms with van der Waals surface area (Å²) in [4.78, 5) is 2.49. The minimum atomic E-state index is 0.623. The molecule has 1 atom stereocenters. The van der Waals surface area contributed by atoms with Gasteiger partial charge in [0.1, 0.15) is 0 Å². The fraction of sp³-hybridized carbons (Fsp3) is 0.750. The SMILES string of the molecule is CC(C)C1CN(Cc2ccn(C)n2)CCN1. The smallest absolute Gasteiger partial charge is 0.0764 e. The Morgan fingerprint density at radius 2 is 2.38 bits per heavy atom. The summed E-state index contributed by atoms with van der Waals surface area (Å²) >= 11 is 0. The number of rotatable bonds is 3. The molecule has 0 radical (unpaired) electrons. The van der Waals surface area contributed by atoms with E-state index in [4.69, 9.17) is 0 Å². The molecule has 0 saturated carbocycles. The summed E-state index contributed by atoms with van der Waals surface area (Å²) in [6.45, 7) is 8.89. The number of nitrogens with one attached hydrogen (secondary N) is 1. The van der Waals surface area contributed by atoms with E-state index in [1.54, 1.807) is 0 Å². The lowest BCUT2D eigenvalue weighted by Gasteiger charge is -2.35. The topological polar surface area (TPSA) is 33.1 Å². The van der Waals surface area contributed by atoms with E-state index < -0.39 is 0 Å². The van der Waals surface area contributed by atoms with Gasteiger partial charge in [-0.15, -0.1) is 0 Å². The number of aryl methyl sites for hydroxylation is 1. The van der Waals surface area contributed by atoms with Crippen LogP contribution >= 0.6 is 0 Å². The first-order valence-corrected chi connectivity index (χ1v) is 6.09. The lowest BCUT2D eigenvalue weighted by molar-refractivity contribution is 0.167. The van der Waals surface area contributed by atoms with Crippen LogP contribution in [0, 0.1) is 5.92 Å². The van der Waals surface area contributed by atoms with E-state index >= 15 is 0 Å². The fourth-order valence-electron chi connectivity index (χ4n) is 2.21. The van der Waals surface area contributed by atoms with Crippen LogP contribution in [-0.4, -0.2) is 40.4 Å².